The summed E-state index contributed by atoms with van der Waals surface area (Å²) in [5, 5.41) is 0. The Morgan fingerprint density at radius 3 is 2.78 bits per heavy atom. The maximum Gasteiger partial charge on any atom is 0.253 e. The van der Waals surface area contributed by atoms with Crippen molar-refractivity contribution in [3.8, 4) is 11.3 Å². The zero-order chi connectivity index (χ0) is 18.5. The topological polar surface area (TPSA) is 38.1 Å². The minimum absolute atomic E-state index is 0.0191. The molecule has 3 aromatic rings. The highest BCUT2D eigenvalue weighted by atomic mass is 16.2. The number of fused-ring (bicyclic) bond motifs is 4. The van der Waals surface area contributed by atoms with E-state index >= 15 is 0 Å². The molecule has 1 aromatic heterocycles. The maximum absolute atomic E-state index is 13.1. The number of aromatic nitrogens is 2. The average molecular weight is 357 g/mol. The highest BCUT2D eigenvalue weighted by Crippen LogP contribution is 2.46. The van der Waals surface area contributed by atoms with Gasteiger partial charge in [-0.25, -0.2) is 4.98 Å². The van der Waals surface area contributed by atoms with Crippen LogP contribution >= 0.6 is 0 Å². The molecule has 0 fully saturated rings. The molecule has 0 radical (unpaired) electrons. The summed E-state index contributed by atoms with van der Waals surface area (Å²) in [5.41, 5.74) is 8.38. The van der Waals surface area contributed by atoms with Crippen molar-refractivity contribution in [2.75, 3.05) is 14.1 Å². The van der Waals surface area contributed by atoms with Crippen LogP contribution in [0.25, 0.3) is 11.3 Å². The third-order valence-corrected chi connectivity index (χ3v) is 5.96. The molecule has 2 aliphatic rings. The van der Waals surface area contributed by atoms with E-state index < -0.39 is 0 Å². The Morgan fingerprint density at radius 1 is 1.11 bits per heavy atom. The smallest absolute Gasteiger partial charge is 0.253 e. The standard InChI is InChI=1S/C23H23N3O/c1-25(2)23(27)19-12-11-15-7-3-4-8-16(15)21(19)22-18-10-6-5-9-17(18)20-13-24-14-26(20)22/h5-6,9-14,22H,3-4,7-8H2,1-2H3/t22-/m0/s1. The summed E-state index contributed by atoms with van der Waals surface area (Å²) in [6, 6.07) is 12.7. The van der Waals surface area contributed by atoms with Crippen LogP contribution in [0.1, 0.15) is 51.5 Å². The summed E-state index contributed by atoms with van der Waals surface area (Å²) < 4.78 is 2.24. The zero-order valence-electron chi connectivity index (χ0n) is 15.8. The fourth-order valence-corrected chi connectivity index (χ4v) is 4.73. The normalized spacial score (nSPS) is 17.2. The van der Waals surface area contributed by atoms with Gasteiger partial charge in [0, 0.05) is 25.2 Å². The van der Waals surface area contributed by atoms with Gasteiger partial charge in [0.2, 0.25) is 0 Å². The summed E-state index contributed by atoms with van der Waals surface area (Å²) in [5.74, 6) is 0.0735. The predicted octanol–water partition coefficient (Wildman–Crippen LogP) is 4.08. The second kappa shape index (κ2) is 6.08. The molecule has 2 heterocycles. The number of hydrogen-bond acceptors (Lipinski definition) is 2. The lowest BCUT2D eigenvalue weighted by molar-refractivity contribution is 0.0826. The van der Waals surface area contributed by atoms with Crippen molar-refractivity contribution in [1.29, 1.82) is 0 Å². The predicted molar refractivity (Wildman–Crippen MR) is 106 cm³/mol. The van der Waals surface area contributed by atoms with Gasteiger partial charge in [-0.2, -0.15) is 0 Å². The van der Waals surface area contributed by atoms with Gasteiger partial charge in [-0.3, -0.25) is 4.79 Å². The molecule has 0 N–H and O–H groups in total. The minimum Gasteiger partial charge on any atom is -0.345 e. The number of nitrogens with zero attached hydrogens (tertiary/aromatic N) is 3. The lowest BCUT2D eigenvalue weighted by atomic mass is 9.81. The van der Waals surface area contributed by atoms with E-state index in [9.17, 15) is 4.79 Å². The van der Waals surface area contributed by atoms with Crippen molar-refractivity contribution >= 4 is 5.91 Å². The van der Waals surface area contributed by atoms with Gasteiger partial charge in [-0.1, -0.05) is 30.3 Å². The molecule has 1 atom stereocenters. The first kappa shape index (κ1) is 16.3. The Bertz CT molecular complexity index is 1050. The molecule has 5 rings (SSSR count). The highest BCUT2D eigenvalue weighted by Gasteiger charge is 2.35. The first-order valence-electron chi connectivity index (χ1n) is 9.64. The Kier molecular flexibility index (Phi) is 3.67. The fourth-order valence-electron chi connectivity index (χ4n) is 4.73. The first-order chi connectivity index (χ1) is 13.2. The third-order valence-electron chi connectivity index (χ3n) is 5.96. The number of carbonyl (C=O) groups is 1. The van der Waals surface area contributed by atoms with Crippen molar-refractivity contribution in [3.63, 3.8) is 0 Å². The SMILES string of the molecule is CN(C)C(=O)c1ccc2c(c1[C@@H]1c3ccccc3-c3cncn31)CCCC2. The van der Waals surface area contributed by atoms with Crippen molar-refractivity contribution < 1.29 is 4.79 Å². The molecular weight excluding hydrogens is 334 g/mol. The van der Waals surface area contributed by atoms with Gasteiger partial charge in [0.1, 0.15) is 0 Å². The highest BCUT2D eigenvalue weighted by molar-refractivity contribution is 5.96. The van der Waals surface area contributed by atoms with Gasteiger partial charge < -0.3 is 9.47 Å². The lowest BCUT2D eigenvalue weighted by Crippen LogP contribution is -2.26. The van der Waals surface area contributed by atoms with Crippen LogP contribution in [0, 0.1) is 0 Å². The van der Waals surface area contributed by atoms with Crippen molar-refractivity contribution in [1.82, 2.24) is 14.5 Å². The Balaban J connectivity index is 1.81. The summed E-state index contributed by atoms with van der Waals surface area (Å²) in [7, 11) is 3.66. The number of amides is 1. The van der Waals surface area contributed by atoms with Crippen LogP contribution in [0.2, 0.25) is 0 Å². The molecule has 27 heavy (non-hydrogen) atoms. The van der Waals surface area contributed by atoms with Crippen molar-refractivity contribution in [3.05, 3.63) is 76.7 Å². The molecule has 1 aliphatic heterocycles. The largest absolute Gasteiger partial charge is 0.345 e. The summed E-state index contributed by atoms with van der Waals surface area (Å²) >= 11 is 0. The maximum atomic E-state index is 13.1. The molecule has 4 nitrogen and oxygen atoms in total. The molecule has 1 amide bonds. The number of rotatable bonds is 2. The van der Waals surface area contributed by atoms with Crippen LogP contribution in [-0.4, -0.2) is 34.5 Å². The van der Waals surface area contributed by atoms with Gasteiger partial charge in [0.05, 0.1) is 24.3 Å². The van der Waals surface area contributed by atoms with Gasteiger partial charge in [0.15, 0.2) is 0 Å². The fraction of sp³-hybridized carbons (Fsp3) is 0.304. The molecular formula is C23H23N3O. The third kappa shape index (κ3) is 2.36. The molecule has 4 heteroatoms. The van der Waals surface area contributed by atoms with E-state index in [4.69, 9.17) is 0 Å². The molecule has 2 aromatic carbocycles. The van der Waals surface area contributed by atoms with E-state index in [0.717, 1.165) is 24.1 Å². The molecule has 0 bridgehead atoms. The van der Waals surface area contributed by atoms with E-state index in [1.54, 1.807) is 4.90 Å². The van der Waals surface area contributed by atoms with Gasteiger partial charge in [-0.15, -0.1) is 0 Å². The van der Waals surface area contributed by atoms with E-state index in [1.807, 2.05) is 32.7 Å². The molecule has 0 saturated heterocycles. The summed E-state index contributed by atoms with van der Waals surface area (Å²) in [6.45, 7) is 0. The van der Waals surface area contributed by atoms with Crippen LogP contribution in [-0.2, 0) is 12.8 Å². The molecule has 1 aliphatic carbocycles. The van der Waals surface area contributed by atoms with Gasteiger partial charge in [-0.05, 0) is 54.0 Å². The quantitative estimate of drug-likeness (QED) is 0.542. The van der Waals surface area contributed by atoms with E-state index in [2.05, 4.69) is 39.9 Å². The number of aryl methyl sites for hydroxylation is 1. The number of benzene rings is 2. The lowest BCUT2D eigenvalue weighted by Gasteiger charge is -2.28. The van der Waals surface area contributed by atoms with Crippen LogP contribution in [0.3, 0.4) is 0 Å². The average Bonchev–Trinajstić information content (AvgIpc) is 3.27. The molecule has 136 valence electrons. The first-order valence-corrected chi connectivity index (χ1v) is 9.64. The van der Waals surface area contributed by atoms with Crippen molar-refractivity contribution in [2.24, 2.45) is 0 Å². The summed E-state index contributed by atoms with van der Waals surface area (Å²) in [6.07, 6.45) is 8.40. The van der Waals surface area contributed by atoms with Crippen LogP contribution in [0.5, 0.6) is 0 Å². The minimum atomic E-state index is 0.0191. The Labute approximate surface area is 159 Å². The second-order valence-electron chi connectivity index (χ2n) is 7.75. The van der Waals surface area contributed by atoms with Gasteiger partial charge >= 0.3 is 0 Å². The van der Waals surface area contributed by atoms with Crippen LogP contribution in [0.15, 0.2) is 48.9 Å². The number of imidazole rings is 1. The Morgan fingerprint density at radius 2 is 1.93 bits per heavy atom. The van der Waals surface area contributed by atoms with E-state index in [0.29, 0.717) is 0 Å². The molecule has 0 spiro atoms. The van der Waals surface area contributed by atoms with Gasteiger partial charge in [0.25, 0.3) is 5.91 Å². The zero-order valence-corrected chi connectivity index (χ0v) is 15.8. The molecule has 0 saturated carbocycles. The van der Waals surface area contributed by atoms with Crippen molar-refractivity contribution in [2.45, 2.75) is 31.7 Å². The monoisotopic (exact) mass is 357 g/mol. The van der Waals surface area contributed by atoms with Crippen LogP contribution in [0.4, 0.5) is 0 Å². The summed E-state index contributed by atoms with van der Waals surface area (Å²) in [4.78, 5) is 19.2. The Hall–Kier alpha value is -2.88. The number of carbonyl (C=O) groups excluding carboxylic acids is 1. The van der Waals surface area contributed by atoms with Crippen LogP contribution < -0.4 is 0 Å². The van der Waals surface area contributed by atoms with E-state index in [1.165, 1.54) is 40.7 Å². The molecule has 0 unspecified atom stereocenters. The van der Waals surface area contributed by atoms with E-state index in [-0.39, 0.29) is 11.9 Å². The second-order valence-corrected chi connectivity index (χ2v) is 7.75. The number of hydrogen-bond donors (Lipinski definition) is 0.